The summed E-state index contributed by atoms with van der Waals surface area (Å²) in [5, 5.41) is 0. The molecule has 1 aromatic rings. The van der Waals surface area contributed by atoms with Crippen molar-refractivity contribution in [3.8, 4) is 18.1 Å². The number of terminal acetylenes is 1. The van der Waals surface area contributed by atoms with Crippen LogP contribution in [0.25, 0.3) is 0 Å². The summed E-state index contributed by atoms with van der Waals surface area (Å²) in [4.78, 5) is 0. The first-order valence-electron chi connectivity index (χ1n) is 3.66. The molecule has 0 radical (unpaired) electrons. The lowest BCUT2D eigenvalue weighted by molar-refractivity contribution is 0.413. The molecule has 1 rings (SSSR count). The van der Waals surface area contributed by atoms with Crippen LogP contribution in [-0.4, -0.2) is 14.2 Å². The van der Waals surface area contributed by atoms with Crippen molar-refractivity contribution in [3.05, 3.63) is 29.6 Å². The smallest absolute Gasteiger partial charge is 0.139 e. The first-order chi connectivity index (χ1) is 6.27. The molecule has 0 unspecified atom stereocenters. The van der Waals surface area contributed by atoms with E-state index in [1.54, 1.807) is 0 Å². The van der Waals surface area contributed by atoms with Gasteiger partial charge in [0.25, 0.3) is 0 Å². The van der Waals surface area contributed by atoms with Gasteiger partial charge < -0.3 is 10.5 Å². The number of benzene rings is 1. The second-order valence-electron chi connectivity index (χ2n) is 1.99. The van der Waals surface area contributed by atoms with Crippen LogP contribution < -0.4 is 10.5 Å². The summed E-state index contributed by atoms with van der Waals surface area (Å²) in [5.74, 6) is 2.39. The standard InChI is InChI=1S/C9H7FO.CH5N/c1-3-7-6-8(11-2)4-5-9(7)10;1-2/h1,4-6H,2H3;2H2,1H3. The van der Waals surface area contributed by atoms with Gasteiger partial charge in [0.2, 0.25) is 0 Å². The molecule has 0 spiro atoms. The van der Waals surface area contributed by atoms with Gasteiger partial charge in [0.05, 0.1) is 12.7 Å². The Labute approximate surface area is 77.5 Å². The Bertz CT molecular complexity index is 304. The Morgan fingerprint density at radius 2 is 2.08 bits per heavy atom. The first-order valence-corrected chi connectivity index (χ1v) is 3.66. The molecule has 3 heteroatoms. The average molecular weight is 181 g/mol. The zero-order chi connectivity index (χ0) is 10.3. The summed E-state index contributed by atoms with van der Waals surface area (Å²) in [6, 6.07) is 4.29. The Hall–Kier alpha value is -1.53. The summed E-state index contributed by atoms with van der Waals surface area (Å²) >= 11 is 0. The first kappa shape index (κ1) is 11.5. The topological polar surface area (TPSA) is 35.2 Å². The Morgan fingerprint density at radius 3 is 2.54 bits per heavy atom. The monoisotopic (exact) mass is 181 g/mol. The Balaban J connectivity index is 0.000000671. The van der Waals surface area contributed by atoms with Crippen molar-refractivity contribution >= 4 is 0 Å². The van der Waals surface area contributed by atoms with Gasteiger partial charge in [-0.2, -0.15) is 0 Å². The predicted octanol–water partition coefficient (Wildman–Crippen LogP) is 1.39. The van der Waals surface area contributed by atoms with Gasteiger partial charge in [0.15, 0.2) is 0 Å². The predicted molar refractivity (Wildman–Crippen MR) is 51.0 cm³/mol. The minimum absolute atomic E-state index is 0.226. The molecule has 0 aliphatic rings. The van der Waals surface area contributed by atoms with Gasteiger partial charge in [0.1, 0.15) is 11.6 Å². The van der Waals surface area contributed by atoms with Crippen LogP contribution in [0.3, 0.4) is 0 Å². The van der Waals surface area contributed by atoms with E-state index in [2.05, 4.69) is 11.7 Å². The summed E-state index contributed by atoms with van der Waals surface area (Å²) in [6.45, 7) is 0. The van der Waals surface area contributed by atoms with Crippen molar-refractivity contribution in [2.45, 2.75) is 0 Å². The lowest BCUT2D eigenvalue weighted by Gasteiger charge is -1.99. The third kappa shape index (κ3) is 3.14. The van der Waals surface area contributed by atoms with Gasteiger partial charge >= 0.3 is 0 Å². The van der Waals surface area contributed by atoms with Gasteiger partial charge in [0, 0.05) is 0 Å². The van der Waals surface area contributed by atoms with E-state index in [0.29, 0.717) is 5.75 Å². The van der Waals surface area contributed by atoms with Gasteiger partial charge in [-0.3, -0.25) is 0 Å². The van der Waals surface area contributed by atoms with Crippen molar-refractivity contribution in [3.63, 3.8) is 0 Å². The molecule has 0 fully saturated rings. The second-order valence-corrected chi connectivity index (χ2v) is 1.99. The molecular weight excluding hydrogens is 169 g/mol. The fourth-order valence-corrected chi connectivity index (χ4v) is 0.742. The van der Waals surface area contributed by atoms with Gasteiger partial charge in [-0.25, -0.2) is 4.39 Å². The zero-order valence-corrected chi connectivity index (χ0v) is 7.67. The normalized spacial score (nSPS) is 7.92. The molecule has 0 atom stereocenters. The number of hydrogen-bond acceptors (Lipinski definition) is 2. The number of ether oxygens (including phenoxy) is 1. The SMILES string of the molecule is C#Cc1cc(OC)ccc1F.CN. The Kier molecular flexibility index (Phi) is 5.33. The van der Waals surface area contributed by atoms with E-state index in [-0.39, 0.29) is 5.56 Å². The molecule has 0 aliphatic heterocycles. The second kappa shape index (κ2) is 6.04. The molecular formula is C10H12FNO. The molecule has 2 nitrogen and oxygen atoms in total. The fourth-order valence-electron chi connectivity index (χ4n) is 0.742. The average Bonchev–Trinajstić information content (AvgIpc) is 2.22. The maximum Gasteiger partial charge on any atom is 0.139 e. The lowest BCUT2D eigenvalue weighted by Crippen LogP contribution is -1.86. The van der Waals surface area contributed by atoms with Crippen molar-refractivity contribution in [2.75, 3.05) is 14.2 Å². The van der Waals surface area contributed by atoms with Crippen molar-refractivity contribution < 1.29 is 9.13 Å². The van der Waals surface area contributed by atoms with Crippen LogP contribution in [0.2, 0.25) is 0 Å². The third-order valence-corrected chi connectivity index (χ3v) is 1.33. The van der Waals surface area contributed by atoms with E-state index in [4.69, 9.17) is 11.2 Å². The van der Waals surface area contributed by atoms with Crippen molar-refractivity contribution in [2.24, 2.45) is 5.73 Å². The van der Waals surface area contributed by atoms with Gasteiger partial charge in [-0.05, 0) is 25.2 Å². The summed E-state index contributed by atoms with van der Waals surface area (Å²) in [5.41, 5.74) is 4.73. The highest BCUT2D eigenvalue weighted by molar-refractivity contribution is 5.39. The lowest BCUT2D eigenvalue weighted by atomic mass is 10.2. The molecule has 0 bridgehead atoms. The van der Waals surface area contributed by atoms with Crippen LogP contribution in [0.5, 0.6) is 5.75 Å². The van der Waals surface area contributed by atoms with E-state index in [0.717, 1.165) is 0 Å². The van der Waals surface area contributed by atoms with E-state index in [1.165, 1.54) is 32.4 Å². The van der Waals surface area contributed by atoms with Crippen LogP contribution in [-0.2, 0) is 0 Å². The molecule has 2 N–H and O–H groups in total. The van der Waals surface area contributed by atoms with Gasteiger partial charge in [-0.1, -0.05) is 5.92 Å². The van der Waals surface area contributed by atoms with Crippen LogP contribution in [0.4, 0.5) is 4.39 Å². The molecule has 0 amide bonds. The van der Waals surface area contributed by atoms with Gasteiger partial charge in [-0.15, -0.1) is 6.42 Å². The zero-order valence-electron chi connectivity index (χ0n) is 7.67. The van der Waals surface area contributed by atoms with Crippen molar-refractivity contribution in [1.29, 1.82) is 0 Å². The van der Waals surface area contributed by atoms with Crippen LogP contribution in [0.1, 0.15) is 5.56 Å². The highest BCUT2D eigenvalue weighted by Crippen LogP contribution is 2.14. The number of methoxy groups -OCH3 is 1. The van der Waals surface area contributed by atoms with Crippen molar-refractivity contribution in [1.82, 2.24) is 0 Å². The highest BCUT2D eigenvalue weighted by atomic mass is 19.1. The molecule has 0 aliphatic carbocycles. The van der Waals surface area contributed by atoms with E-state index >= 15 is 0 Å². The third-order valence-electron chi connectivity index (χ3n) is 1.33. The minimum atomic E-state index is -0.395. The molecule has 0 heterocycles. The number of nitrogens with two attached hydrogens (primary N) is 1. The fraction of sp³-hybridized carbons (Fsp3) is 0.200. The van der Waals surface area contributed by atoms with Crippen LogP contribution in [0, 0.1) is 18.2 Å². The summed E-state index contributed by atoms with van der Waals surface area (Å²) in [6.07, 6.45) is 5.03. The molecule has 0 saturated carbocycles. The van der Waals surface area contributed by atoms with Crippen LogP contribution in [0.15, 0.2) is 18.2 Å². The molecule has 0 aromatic heterocycles. The molecule has 13 heavy (non-hydrogen) atoms. The maximum absolute atomic E-state index is 12.7. The molecule has 70 valence electrons. The minimum Gasteiger partial charge on any atom is -0.497 e. The molecule has 0 saturated heterocycles. The number of hydrogen-bond donors (Lipinski definition) is 1. The van der Waals surface area contributed by atoms with E-state index < -0.39 is 5.82 Å². The number of rotatable bonds is 1. The number of halogens is 1. The summed E-state index contributed by atoms with van der Waals surface area (Å²) < 4.78 is 17.6. The summed E-state index contributed by atoms with van der Waals surface area (Å²) in [7, 11) is 3.01. The Morgan fingerprint density at radius 1 is 1.46 bits per heavy atom. The van der Waals surface area contributed by atoms with Crippen LogP contribution >= 0.6 is 0 Å². The largest absolute Gasteiger partial charge is 0.497 e. The quantitative estimate of drug-likeness (QED) is 0.664. The molecule has 1 aromatic carbocycles. The highest BCUT2D eigenvalue weighted by Gasteiger charge is 1.99. The maximum atomic E-state index is 12.7. The van der Waals surface area contributed by atoms with E-state index in [1.807, 2.05) is 0 Å². The van der Waals surface area contributed by atoms with E-state index in [9.17, 15) is 4.39 Å².